The summed E-state index contributed by atoms with van der Waals surface area (Å²) in [5.41, 5.74) is 8.17. The summed E-state index contributed by atoms with van der Waals surface area (Å²) in [6.07, 6.45) is 2.20. The highest BCUT2D eigenvalue weighted by Gasteiger charge is 2.12. The molecule has 0 aliphatic heterocycles. The fourth-order valence-corrected chi connectivity index (χ4v) is 3.99. The van der Waals surface area contributed by atoms with Gasteiger partial charge < -0.3 is 4.57 Å². The maximum absolute atomic E-state index is 2.54. The molecule has 4 rings (SSSR count). The van der Waals surface area contributed by atoms with Gasteiger partial charge in [0.25, 0.3) is 0 Å². The van der Waals surface area contributed by atoms with Crippen LogP contribution >= 0.6 is 0 Å². The first-order valence-electron chi connectivity index (χ1n) is 10.7. The third-order valence-corrected chi connectivity index (χ3v) is 5.82. The van der Waals surface area contributed by atoms with Crippen LogP contribution in [0.15, 0.2) is 97.2 Å². The normalized spacial score (nSPS) is 11.2. The van der Waals surface area contributed by atoms with Crippen molar-refractivity contribution in [3.63, 3.8) is 0 Å². The molecule has 0 unspecified atom stereocenters. The molecule has 0 aliphatic rings. The van der Waals surface area contributed by atoms with Gasteiger partial charge in [0.2, 0.25) is 0 Å². The lowest BCUT2D eigenvalue weighted by atomic mass is 10.1. The van der Waals surface area contributed by atoms with Crippen LogP contribution in [0, 0.1) is 13.8 Å². The van der Waals surface area contributed by atoms with E-state index in [0.29, 0.717) is 0 Å². The molecule has 3 aromatic carbocycles. The zero-order valence-electron chi connectivity index (χ0n) is 18.0. The Morgan fingerprint density at radius 1 is 0.600 bits per heavy atom. The number of benzene rings is 3. The number of nitrogens with zero attached hydrogens (tertiary/aromatic N) is 2. The van der Waals surface area contributed by atoms with Gasteiger partial charge in [-0.25, -0.2) is 0 Å². The molecule has 0 bridgehead atoms. The molecule has 2 nitrogen and oxygen atoms in total. The Hall–Kier alpha value is -3.10. The van der Waals surface area contributed by atoms with Gasteiger partial charge in [-0.2, -0.15) is 0 Å². The highest BCUT2D eigenvalue weighted by Crippen LogP contribution is 2.18. The maximum Gasteiger partial charge on any atom is 0.0476 e. The molecule has 1 aromatic heterocycles. The van der Waals surface area contributed by atoms with Gasteiger partial charge in [-0.15, -0.1) is 0 Å². The van der Waals surface area contributed by atoms with Crippen LogP contribution in [-0.2, 0) is 26.2 Å². The quantitative estimate of drug-likeness (QED) is 0.338. The van der Waals surface area contributed by atoms with Gasteiger partial charge in [-0.1, -0.05) is 78.9 Å². The molecule has 0 radical (unpaired) electrons. The van der Waals surface area contributed by atoms with Crippen molar-refractivity contribution in [2.75, 3.05) is 0 Å². The summed E-state index contributed by atoms with van der Waals surface area (Å²) in [5, 5.41) is 0. The molecule has 0 amide bonds. The second-order valence-electron chi connectivity index (χ2n) is 8.11. The summed E-state index contributed by atoms with van der Waals surface area (Å²) in [6.45, 7) is 8.11. The molecular weight excluding hydrogens is 364 g/mol. The molecule has 1 heterocycles. The summed E-state index contributed by atoms with van der Waals surface area (Å²) >= 11 is 0. The first-order chi connectivity index (χ1) is 14.7. The predicted octanol–water partition coefficient (Wildman–Crippen LogP) is 6.36. The monoisotopic (exact) mass is 394 g/mol. The van der Waals surface area contributed by atoms with Crippen molar-refractivity contribution >= 4 is 0 Å². The van der Waals surface area contributed by atoms with E-state index in [2.05, 4.69) is 121 Å². The van der Waals surface area contributed by atoms with Crippen LogP contribution in [0.1, 0.15) is 33.5 Å². The topological polar surface area (TPSA) is 8.17 Å². The third kappa shape index (κ3) is 5.08. The van der Waals surface area contributed by atoms with Gasteiger partial charge >= 0.3 is 0 Å². The Labute approximate surface area is 180 Å². The summed E-state index contributed by atoms with van der Waals surface area (Å²) in [4.78, 5) is 2.54. The Morgan fingerprint density at radius 3 is 1.93 bits per heavy atom. The van der Waals surface area contributed by atoms with E-state index in [9.17, 15) is 0 Å². The molecule has 0 spiro atoms. The van der Waals surface area contributed by atoms with Crippen LogP contribution in [0.5, 0.6) is 0 Å². The number of hydrogen-bond acceptors (Lipinski definition) is 1. The largest absolute Gasteiger partial charge is 0.346 e. The van der Waals surface area contributed by atoms with E-state index in [1.54, 1.807) is 0 Å². The van der Waals surface area contributed by atoms with Crippen molar-refractivity contribution in [1.82, 2.24) is 9.47 Å². The number of rotatable bonds is 8. The second-order valence-corrected chi connectivity index (χ2v) is 8.11. The fourth-order valence-electron chi connectivity index (χ4n) is 3.99. The molecule has 0 aliphatic carbocycles. The van der Waals surface area contributed by atoms with Crippen molar-refractivity contribution in [3.05, 3.63) is 131 Å². The maximum atomic E-state index is 2.54. The molecule has 0 saturated heterocycles. The Kier molecular flexibility index (Phi) is 6.46. The third-order valence-electron chi connectivity index (χ3n) is 5.82. The van der Waals surface area contributed by atoms with Crippen LogP contribution in [-0.4, -0.2) is 9.47 Å². The van der Waals surface area contributed by atoms with Gasteiger partial charge in [0, 0.05) is 38.1 Å². The van der Waals surface area contributed by atoms with Gasteiger partial charge in [-0.05, 0) is 53.8 Å². The first kappa shape index (κ1) is 20.2. The van der Waals surface area contributed by atoms with Gasteiger partial charge in [-0.3, -0.25) is 4.90 Å². The lowest BCUT2D eigenvalue weighted by molar-refractivity contribution is 0.241. The number of aryl methyl sites for hydroxylation is 2. The summed E-state index contributed by atoms with van der Waals surface area (Å²) in [6, 6.07) is 32.6. The van der Waals surface area contributed by atoms with Crippen LogP contribution in [0.25, 0.3) is 0 Å². The molecule has 0 atom stereocenters. The molecule has 30 heavy (non-hydrogen) atoms. The Bertz CT molecular complexity index is 1080. The average molecular weight is 395 g/mol. The van der Waals surface area contributed by atoms with Crippen molar-refractivity contribution in [2.24, 2.45) is 0 Å². The Balaban J connectivity index is 1.57. The van der Waals surface area contributed by atoms with Crippen molar-refractivity contribution in [1.29, 1.82) is 0 Å². The number of hydrogen-bond donors (Lipinski definition) is 0. The first-order valence-corrected chi connectivity index (χ1v) is 10.7. The van der Waals surface area contributed by atoms with E-state index >= 15 is 0 Å². The highest BCUT2D eigenvalue weighted by atomic mass is 15.1. The molecule has 0 N–H and O–H groups in total. The standard InChI is InChI=1S/C28H30N2/c1-23-11-6-8-15-26(23)20-29(19-25-13-4-3-5-14-25)22-28-17-10-18-30(28)21-27-16-9-7-12-24(27)2/h3-18H,19-22H2,1-2H3. The average Bonchev–Trinajstić information content (AvgIpc) is 3.19. The summed E-state index contributed by atoms with van der Waals surface area (Å²) in [7, 11) is 0. The van der Waals surface area contributed by atoms with Crippen molar-refractivity contribution < 1.29 is 0 Å². The molecule has 2 heteroatoms. The minimum absolute atomic E-state index is 0.915. The van der Waals surface area contributed by atoms with Gasteiger partial charge in [0.05, 0.1) is 0 Å². The highest BCUT2D eigenvalue weighted by molar-refractivity contribution is 5.28. The molecule has 4 aromatic rings. The molecule has 152 valence electrons. The zero-order valence-corrected chi connectivity index (χ0v) is 18.0. The minimum atomic E-state index is 0.915. The zero-order chi connectivity index (χ0) is 20.8. The molecular formula is C28H30N2. The van der Waals surface area contributed by atoms with Crippen molar-refractivity contribution in [2.45, 2.75) is 40.0 Å². The predicted molar refractivity (Wildman–Crippen MR) is 125 cm³/mol. The summed E-state index contributed by atoms with van der Waals surface area (Å²) < 4.78 is 2.39. The second kappa shape index (κ2) is 9.60. The van der Waals surface area contributed by atoms with E-state index in [0.717, 1.165) is 26.2 Å². The van der Waals surface area contributed by atoms with Crippen LogP contribution in [0.3, 0.4) is 0 Å². The van der Waals surface area contributed by atoms with Gasteiger partial charge in [0.1, 0.15) is 0 Å². The number of aromatic nitrogens is 1. The molecule has 0 fully saturated rings. The van der Waals surface area contributed by atoms with Crippen molar-refractivity contribution in [3.8, 4) is 0 Å². The SMILES string of the molecule is Cc1ccccc1CN(Cc1ccccc1)Cc1cccn1Cc1ccccc1C. The van der Waals surface area contributed by atoms with E-state index in [-0.39, 0.29) is 0 Å². The van der Waals surface area contributed by atoms with Crippen LogP contribution < -0.4 is 0 Å². The molecule has 0 saturated carbocycles. The lowest BCUT2D eigenvalue weighted by Gasteiger charge is -2.24. The fraction of sp³-hybridized carbons (Fsp3) is 0.214. The van der Waals surface area contributed by atoms with E-state index in [4.69, 9.17) is 0 Å². The lowest BCUT2D eigenvalue weighted by Crippen LogP contribution is -2.24. The smallest absolute Gasteiger partial charge is 0.0476 e. The Morgan fingerprint density at radius 2 is 1.23 bits per heavy atom. The van der Waals surface area contributed by atoms with Gasteiger partial charge in [0.15, 0.2) is 0 Å². The summed E-state index contributed by atoms with van der Waals surface area (Å²) in [5.74, 6) is 0. The van der Waals surface area contributed by atoms with E-state index < -0.39 is 0 Å². The van der Waals surface area contributed by atoms with Crippen LogP contribution in [0.4, 0.5) is 0 Å². The van der Waals surface area contributed by atoms with E-state index in [1.807, 2.05) is 0 Å². The van der Waals surface area contributed by atoms with E-state index in [1.165, 1.54) is 33.5 Å². The minimum Gasteiger partial charge on any atom is -0.346 e. The van der Waals surface area contributed by atoms with Crippen LogP contribution in [0.2, 0.25) is 0 Å².